The van der Waals surface area contributed by atoms with Gasteiger partial charge in [0, 0.05) is 17.7 Å². The van der Waals surface area contributed by atoms with E-state index in [2.05, 4.69) is 5.32 Å². The molecule has 2 aromatic carbocycles. The standard InChI is InChI=1S/C18H13ClN2O4S/c19-15-7-6-13(21(23)24)9-16(15)20-18(22)17-8-12(11-26-17)10-25-14-4-2-1-3-5-14/h1-9,11H,10H2,(H,20,22). The van der Waals surface area contributed by atoms with Crippen LogP contribution in [-0.2, 0) is 6.61 Å². The Labute approximate surface area is 158 Å². The van der Waals surface area contributed by atoms with E-state index in [4.69, 9.17) is 16.3 Å². The summed E-state index contributed by atoms with van der Waals surface area (Å²) >= 11 is 7.26. The highest BCUT2D eigenvalue weighted by Gasteiger charge is 2.15. The van der Waals surface area contributed by atoms with Crippen LogP contribution in [0.3, 0.4) is 0 Å². The fourth-order valence-corrected chi connectivity index (χ4v) is 3.12. The van der Waals surface area contributed by atoms with Gasteiger partial charge in [-0.05, 0) is 29.6 Å². The molecule has 3 rings (SSSR count). The summed E-state index contributed by atoms with van der Waals surface area (Å²) in [6.07, 6.45) is 0. The maximum absolute atomic E-state index is 12.4. The first-order chi connectivity index (χ1) is 12.5. The van der Waals surface area contributed by atoms with E-state index < -0.39 is 4.92 Å². The van der Waals surface area contributed by atoms with Crippen LogP contribution < -0.4 is 10.1 Å². The van der Waals surface area contributed by atoms with Crippen molar-refractivity contribution >= 4 is 40.2 Å². The fourth-order valence-electron chi connectivity index (χ4n) is 2.16. The van der Waals surface area contributed by atoms with E-state index in [-0.39, 0.29) is 22.3 Å². The Kier molecular flexibility index (Phi) is 5.50. The minimum absolute atomic E-state index is 0.146. The molecular weight excluding hydrogens is 376 g/mol. The molecule has 1 N–H and O–H groups in total. The minimum atomic E-state index is -0.545. The van der Waals surface area contributed by atoms with Crippen LogP contribution in [0.5, 0.6) is 5.75 Å². The highest BCUT2D eigenvalue weighted by molar-refractivity contribution is 7.12. The number of nitro groups is 1. The molecule has 0 atom stereocenters. The normalized spacial score (nSPS) is 10.3. The van der Waals surface area contributed by atoms with E-state index in [0.717, 1.165) is 11.3 Å². The molecular formula is C18H13ClN2O4S. The Morgan fingerprint density at radius 1 is 1.19 bits per heavy atom. The molecule has 132 valence electrons. The van der Waals surface area contributed by atoms with Crippen molar-refractivity contribution in [2.75, 3.05) is 5.32 Å². The first kappa shape index (κ1) is 17.9. The van der Waals surface area contributed by atoms with Crippen molar-refractivity contribution in [1.82, 2.24) is 0 Å². The third-order valence-electron chi connectivity index (χ3n) is 3.44. The topological polar surface area (TPSA) is 81.5 Å². The van der Waals surface area contributed by atoms with Crippen molar-refractivity contribution in [3.05, 3.63) is 85.6 Å². The van der Waals surface area contributed by atoms with Crippen LogP contribution in [0, 0.1) is 10.1 Å². The SMILES string of the molecule is O=C(Nc1cc([N+](=O)[O-])ccc1Cl)c1cc(COc2ccccc2)cs1. The largest absolute Gasteiger partial charge is 0.489 e. The number of nitrogens with one attached hydrogen (secondary N) is 1. The van der Waals surface area contributed by atoms with E-state index in [0.29, 0.717) is 11.5 Å². The molecule has 1 amide bonds. The lowest BCUT2D eigenvalue weighted by Gasteiger charge is -2.06. The van der Waals surface area contributed by atoms with Crippen molar-refractivity contribution in [1.29, 1.82) is 0 Å². The second kappa shape index (κ2) is 7.99. The molecule has 0 saturated heterocycles. The number of amides is 1. The summed E-state index contributed by atoms with van der Waals surface area (Å²) in [7, 11) is 0. The number of para-hydroxylation sites is 1. The Hall–Kier alpha value is -2.90. The number of benzene rings is 2. The van der Waals surface area contributed by atoms with E-state index in [1.807, 2.05) is 35.7 Å². The number of rotatable bonds is 6. The number of hydrogen-bond acceptors (Lipinski definition) is 5. The molecule has 0 spiro atoms. The molecule has 26 heavy (non-hydrogen) atoms. The van der Waals surface area contributed by atoms with Crippen LogP contribution in [0.4, 0.5) is 11.4 Å². The summed E-state index contributed by atoms with van der Waals surface area (Å²) in [4.78, 5) is 23.1. The third-order valence-corrected chi connectivity index (χ3v) is 4.74. The van der Waals surface area contributed by atoms with Crippen molar-refractivity contribution in [3.8, 4) is 5.75 Å². The number of non-ortho nitro benzene ring substituents is 1. The fraction of sp³-hybridized carbons (Fsp3) is 0.0556. The zero-order valence-corrected chi connectivity index (χ0v) is 14.9. The van der Waals surface area contributed by atoms with Crippen molar-refractivity contribution in [2.45, 2.75) is 6.61 Å². The highest BCUT2D eigenvalue weighted by Crippen LogP contribution is 2.28. The monoisotopic (exact) mass is 388 g/mol. The molecule has 1 aromatic heterocycles. The van der Waals surface area contributed by atoms with Gasteiger partial charge < -0.3 is 10.1 Å². The number of ether oxygens (including phenoxy) is 1. The quantitative estimate of drug-likeness (QED) is 0.468. The minimum Gasteiger partial charge on any atom is -0.489 e. The zero-order chi connectivity index (χ0) is 18.5. The number of halogens is 1. The molecule has 0 unspecified atom stereocenters. The number of anilines is 1. The van der Waals surface area contributed by atoms with Crippen LogP contribution in [-0.4, -0.2) is 10.8 Å². The Morgan fingerprint density at radius 3 is 2.69 bits per heavy atom. The number of carbonyl (C=O) groups excluding carboxylic acids is 1. The molecule has 1 heterocycles. The summed E-state index contributed by atoms with van der Waals surface area (Å²) in [6, 6.07) is 15.0. The van der Waals surface area contributed by atoms with E-state index in [1.54, 1.807) is 6.07 Å². The van der Waals surface area contributed by atoms with Crippen LogP contribution in [0.1, 0.15) is 15.2 Å². The van der Waals surface area contributed by atoms with Gasteiger partial charge in [-0.1, -0.05) is 29.8 Å². The number of nitrogens with zero attached hydrogens (tertiary/aromatic N) is 1. The van der Waals surface area contributed by atoms with Crippen LogP contribution in [0.25, 0.3) is 0 Å². The van der Waals surface area contributed by atoms with E-state index >= 15 is 0 Å². The number of hydrogen-bond donors (Lipinski definition) is 1. The van der Waals surface area contributed by atoms with Gasteiger partial charge in [-0.25, -0.2) is 0 Å². The number of thiophene rings is 1. The second-order valence-corrected chi connectivity index (χ2v) is 6.61. The molecule has 0 aliphatic heterocycles. The second-order valence-electron chi connectivity index (χ2n) is 5.30. The van der Waals surface area contributed by atoms with Crippen molar-refractivity contribution in [3.63, 3.8) is 0 Å². The van der Waals surface area contributed by atoms with Gasteiger partial charge in [0.2, 0.25) is 0 Å². The third kappa shape index (κ3) is 4.38. The van der Waals surface area contributed by atoms with Gasteiger partial charge in [-0.3, -0.25) is 14.9 Å². The van der Waals surface area contributed by atoms with Gasteiger partial charge in [0.25, 0.3) is 11.6 Å². The molecule has 0 saturated carbocycles. The average molecular weight is 389 g/mol. The van der Waals surface area contributed by atoms with Gasteiger partial charge in [-0.15, -0.1) is 11.3 Å². The maximum atomic E-state index is 12.4. The van der Waals surface area contributed by atoms with Gasteiger partial charge in [0.1, 0.15) is 12.4 Å². The molecule has 0 fully saturated rings. The lowest BCUT2D eigenvalue weighted by Crippen LogP contribution is -2.10. The summed E-state index contributed by atoms with van der Waals surface area (Å²) in [6.45, 7) is 0.339. The smallest absolute Gasteiger partial charge is 0.271 e. The van der Waals surface area contributed by atoms with Gasteiger partial charge >= 0.3 is 0 Å². The molecule has 6 nitrogen and oxygen atoms in total. The van der Waals surface area contributed by atoms with Crippen LogP contribution >= 0.6 is 22.9 Å². The van der Waals surface area contributed by atoms with Crippen LogP contribution in [0.15, 0.2) is 60.0 Å². The molecule has 3 aromatic rings. The molecule has 0 aliphatic carbocycles. The van der Waals surface area contributed by atoms with Gasteiger partial charge in [0.05, 0.1) is 20.5 Å². The molecule has 0 aliphatic rings. The lowest BCUT2D eigenvalue weighted by atomic mass is 10.2. The summed E-state index contributed by atoms with van der Waals surface area (Å²) in [5, 5.41) is 15.5. The van der Waals surface area contributed by atoms with E-state index in [1.165, 1.54) is 29.5 Å². The summed E-state index contributed by atoms with van der Waals surface area (Å²) < 4.78 is 5.64. The Balaban J connectivity index is 1.67. The van der Waals surface area contributed by atoms with E-state index in [9.17, 15) is 14.9 Å². The average Bonchev–Trinajstić information content (AvgIpc) is 3.11. The molecule has 0 radical (unpaired) electrons. The predicted molar refractivity (Wildman–Crippen MR) is 101 cm³/mol. The predicted octanol–water partition coefficient (Wildman–Crippen LogP) is 5.14. The molecule has 0 bridgehead atoms. The Morgan fingerprint density at radius 2 is 1.96 bits per heavy atom. The van der Waals surface area contributed by atoms with Crippen LogP contribution in [0.2, 0.25) is 5.02 Å². The van der Waals surface area contributed by atoms with Gasteiger partial charge in [-0.2, -0.15) is 0 Å². The van der Waals surface area contributed by atoms with Crippen molar-refractivity contribution in [2.24, 2.45) is 0 Å². The number of nitro benzene ring substituents is 1. The maximum Gasteiger partial charge on any atom is 0.271 e. The number of carbonyl (C=O) groups is 1. The first-order valence-corrected chi connectivity index (χ1v) is 8.79. The van der Waals surface area contributed by atoms with Crippen molar-refractivity contribution < 1.29 is 14.5 Å². The first-order valence-electron chi connectivity index (χ1n) is 7.53. The summed E-state index contributed by atoms with van der Waals surface area (Å²) in [5.41, 5.74) is 0.906. The molecule has 8 heteroatoms. The van der Waals surface area contributed by atoms with Gasteiger partial charge in [0.15, 0.2) is 0 Å². The zero-order valence-electron chi connectivity index (χ0n) is 13.3. The highest BCUT2D eigenvalue weighted by atomic mass is 35.5. The Bertz CT molecular complexity index is 943. The lowest BCUT2D eigenvalue weighted by molar-refractivity contribution is -0.384. The summed E-state index contributed by atoms with van der Waals surface area (Å²) in [5.74, 6) is 0.358.